The topological polar surface area (TPSA) is 72.1 Å². The Morgan fingerprint density at radius 1 is 1.15 bits per heavy atom. The first-order chi connectivity index (χ1) is 12.8. The third kappa shape index (κ3) is 5.33. The lowest BCUT2D eigenvalue weighted by molar-refractivity contribution is 0.0166. The van der Waals surface area contributed by atoms with Crippen LogP contribution in [0.3, 0.4) is 0 Å². The molecule has 2 amide bonds. The summed E-state index contributed by atoms with van der Waals surface area (Å²) in [6.07, 6.45) is 1.75. The Labute approximate surface area is 155 Å². The van der Waals surface area contributed by atoms with Crippen LogP contribution in [-0.2, 0) is 9.47 Å². The van der Waals surface area contributed by atoms with Gasteiger partial charge in [-0.25, -0.2) is 4.79 Å². The minimum atomic E-state index is -0.108. The molecule has 7 nitrogen and oxygen atoms in total. The molecule has 144 valence electrons. The quantitative estimate of drug-likeness (QED) is 0.802. The average molecular weight is 363 g/mol. The van der Waals surface area contributed by atoms with Crippen molar-refractivity contribution in [2.24, 2.45) is 0 Å². The van der Waals surface area contributed by atoms with E-state index in [0.717, 1.165) is 44.9 Å². The van der Waals surface area contributed by atoms with Crippen molar-refractivity contribution < 1.29 is 19.0 Å². The lowest BCUT2D eigenvalue weighted by atomic mass is 10.0. The number of methoxy groups -OCH3 is 1. The zero-order valence-corrected chi connectivity index (χ0v) is 15.4. The first kappa shape index (κ1) is 18.9. The molecule has 0 spiro atoms. The summed E-state index contributed by atoms with van der Waals surface area (Å²) >= 11 is 0. The number of urea groups is 1. The Kier molecular flexibility index (Phi) is 7.11. The second kappa shape index (κ2) is 9.75. The van der Waals surface area contributed by atoms with E-state index in [1.807, 2.05) is 12.1 Å². The van der Waals surface area contributed by atoms with Crippen molar-refractivity contribution in [1.82, 2.24) is 15.5 Å². The summed E-state index contributed by atoms with van der Waals surface area (Å²) in [6, 6.07) is 8.27. The van der Waals surface area contributed by atoms with Gasteiger partial charge in [0.1, 0.15) is 5.75 Å². The summed E-state index contributed by atoms with van der Waals surface area (Å²) in [5, 5.41) is 6.10. The first-order valence-corrected chi connectivity index (χ1v) is 9.34. The van der Waals surface area contributed by atoms with Gasteiger partial charge in [-0.2, -0.15) is 0 Å². The van der Waals surface area contributed by atoms with Crippen LogP contribution in [-0.4, -0.2) is 70.1 Å². The number of hydrogen-bond donors (Lipinski definition) is 2. The predicted octanol–water partition coefficient (Wildman–Crippen LogP) is 1.55. The van der Waals surface area contributed by atoms with Gasteiger partial charge in [-0.05, 0) is 30.5 Å². The van der Waals surface area contributed by atoms with Gasteiger partial charge in [0.05, 0.1) is 26.4 Å². The van der Waals surface area contributed by atoms with Gasteiger partial charge in [0, 0.05) is 38.9 Å². The predicted molar refractivity (Wildman–Crippen MR) is 98.5 cm³/mol. The number of nitrogens with one attached hydrogen (secondary N) is 2. The van der Waals surface area contributed by atoms with Crippen LogP contribution in [0.15, 0.2) is 24.3 Å². The molecule has 2 aliphatic heterocycles. The van der Waals surface area contributed by atoms with Gasteiger partial charge in [0.15, 0.2) is 0 Å². The molecule has 1 atom stereocenters. The lowest BCUT2D eigenvalue weighted by Crippen LogP contribution is -2.48. The van der Waals surface area contributed by atoms with Gasteiger partial charge in [0.2, 0.25) is 0 Å². The summed E-state index contributed by atoms with van der Waals surface area (Å²) in [7, 11) is 1.66. The van der Waals surface area contributed by atoms with Crippen molar-refractivity contribution in [2.45, 2.75) is 24.9 Å². The molecule has 2 fully saturated rings. The molecule has 1 unspecified atom stereocenters. The molecule has 3 rings (SSSR count). The number of nitrogens with zero attached hydrogens (tertiary/aromatic N) is 1. The van der Waals surface area contributed by atoms with Crippen molar-refractivity contribution in [3.8, 4) is 5.75 Å². The number of morpholine rings is 1. The number of carbonyl (C=O) groups is 1. The number of benzene rings is 1. The van der Waals surface area contributed by atoms with Crippen molar-refractivity contribution >= 4 is 6.03 Å². The van der Waals surface area contributed by atoms with E-state index in [1.165, 1.54) is 5.56 Å². The average Bonchev–Trinajstić information content (AvgIpc) is 2.70. The van der Waals surface area contributed by atoms with E-state index in [9.17, 15) is 4.79 Å². The SMILES string of the molecule is COc1ccc(C(CNC(=O)NC2CCOCC2)N2CCOCC2)cc1. The number of hydrogen-bond acceptors (Lipinski definition) is 5. The molecule has 2 aliphatic rings. The van der Waals surface area contributed by atoms with E-state index >= 15 is 0 Å². The smallest absolute Gasteiger partial charge is 0.315 e. The van der Waals surface area contributed by atoms with Gasteiger partial charge in [-0.3, -0.25) is 4.90 Å². The number of carbonyl (C=O) groups excluding carboxylic acids is 1. The Balaban J connectivity index is 1.59. The van der Waals surface area contributed by atoms with Crippen molar-refractivity contribution in [1.29, 1.82) is 0 Å². The van der Waals surface area contributed by atoms with E-state index in [0.29, 0.717) is 19.8 Å². The highest BCUT2D eigenvalue weighted by Gasteiger charge is 2.24. The molecule has 26 heavy (non-hydrogen) atoms. The van der Waals surface area contributed by atoms with Gasteiger partial charge < -0.3 is 24.8 Å². The largest absolute Gasteiger partial charge is 0.497 e. The molecule has 2 heterocycles. The number of rotatable bonds is 6. The second-order valence-electron chi connectivity index (χ2n) is 6.68. The molecule has 1 aromatic rings. The van der Waals surface area contributed by atoms with Crippen LogP contribution in [0, 0.1) is 0 Å². The molecule has 2 N–H and O–H groups in total. The summed E-state index contributed by atoms with van der Waals surface area (Å²) in [5.74, 6) is 0.833. The van der Waals surface area contributed by atoms with Crippen LogP contribution in [0.4, 0.5) is 4.79 Å². The normalized spacial score (nSPS) is 20.3. The Morgan fingerprint density at radius 2 is 1.81 bits per heavy atom. The van der Waals surface area contributed by atoms with Crippen LogP contribution >= 0.6 is 0 Å². The van der Waals surface area contributed by atoms with Crippen LogP contribution in [0.25, 0.3) is 0 Å². The Bertz CT molecular complexity index is 554. The summed E-state index contributed by atoms with van der Waals surface area (Å²) < 4.78 is 16.1. The molecule has 1 aromatic carbocycles. The van der Waals surface area contributed by atoms with Gasteiger partial charge in [0.25, 0.3) is 0 Å². The maximum absolute atomic E-state index is 12.3. The van der Waals surface area contributed by atoms with E-state index in [2.05, 4.69) is 27.7 Å². The third-order valence-corrected chi connectivity index (χ3v) is 5.00. The minimum Gasteiger partial charge on any atom is -0.497 e. The number of amides is 2. The monoisotopic (exact) mass is 363 g/mol. The van der Waals surface area contributed by atoms with Gasteiger partial charge in [-0.15, -0.1) is 0 Å². The van der Waals surface area contributed by atoms with Gasteiger partial charge in [-0.1, -0.05) is 12.1 Å². The molecule has 0 aliphatic carbocycles. The van der Waals surface area contributed by atoms with Crippen LogP contribution < -0.4 is 15.4 Å². The molecular formula is C19H29N3O4. The van der Waals surface area contributed by atoms with Gasteiger partial charge >= 0.3 is 6.03 Å². The molecule has 0 bridgehead atoms. The lowest BCUT2D eigenvalue weighted by Gasteiger charge is -2.35. The maximum atomic E-state index is 12.3. The van der Waals surface area contributed by atoms with E-state index in [1.54, 1.807) is 7.11 Å². The van der Waals surface area contributed by atoms with Crippen molar-refractivity contribution in [3.05, 3.63) is 29.8 Å². The molecule has 0 aromatic heterocycles. The first-order valence-electron chi connectivity index (χ1n) is 9.34. The molecular weight excluding hydrogens is 334 g/mol. The zero-order valence-electron chi connectivity index (χ0n) is 15.4. The van der Waals surface area contributed by atoms with E-state index in [4.69, 9.17) is 14.2 Å². The fourth-order valence-corrected chi connectivity index (χ4v) is 3.44. The highest BCUT2D eigenvalue weighted by molar-refractivity contribution is 5.74. The molecule has 0 saturated carbocycles. The highest BCUT2D eigenvalue weighted by Crippen LogP contribution is 2.23. The Morgan fingerprint density at radius 3 is 2.46 bits per heavy atom. The molecule has 2 saturated heterocycles. The standard InChI is InChI=1S/C19H29N3O4/c1-24-17-4-2-15(3-5-17)18(22-8-12-26-13-9-22)14-20-19(23)21-16-6-10-25-11-7-16/h2-5,16,18H,6-14H2,1H3,(H2,20,21,23). The summed E-state index contributed by atoms with van der Waals surface area (Å²) in [5.41, 5.74) is 1.17. The third-order valence-electron chi connectivity index (χ3n) is 5.00. The van der Waals surface area contributed by atoms with Crippen LogP contribution in [0.1, 0.15) is 24.4 Å². The highest BCUT2D eigenvalue weighted by atomic mass is 16.5. The van der Waals surface area contributed by atoms with E-state index < -0.39 is 0 Å². The fourth-order valence-electron chi connectivity index (χ4n) is 3.44. The van der Waals surface area contributed by atoms with Crippen LogP contribution in [0.2, 0.25) is 0 Å². The Hall–Kier alpha value is -1.83. The fraction of sp³-hybridized carbons (Fsp3) is 0.632. The van der Waals surface area contributed by atoms with Crippen LogP contribution in [0.5, 0.6) is 5.75 Å². The molecule has 7 heteroatoms. The van der Waals surface area contributed by atoms with E-state index in [-0.39, 0.29) is 18.1 Å². The second-order valence-corrected chi connectivity index (χ2v) is 6.68. The summed E-state index contributed by atoms with van der Waals surface area (Å²) in [6.45, 7) is 5.16. The molecule has 0 radical (unpaired) electrons. The minimum absolute atomic E-state index is 0.108. The van der Waals surface area contributed by atoms with Crippen molar-refractivity contribution in [2.75, 3.05) is 53.2 Å². The van der Waals surface area contributed by atoms with Crippen molar-refractivity contribution in [3.63, 3.8) is 0 Å². The maximum Gasteiger partial charge on any atom is 0.315 e. The number of ether oxygens (including phenoxy) is 3. The summed E-state index contributed by atoms with van der Waals surface area (Å²) in [4.78, 5) is 14.7. The zero-order chi connectivity index (χ0) is 18.2.